The third kappa shape index (κ3) is 1.18. The van der Waals surface area contributed by atoms with Crippen molar-refractivity contribution >= 4 is 0 Å². The lowest BCUT2D eigenvalue weighted by atomic mass is 9.86. The van der Waals surface area contributed by atoms with E-state index in [4.69, 9.17) is 0 Å². The molecule has 0 N–H and O–H groups in total. The Morgan fingerprint density at radius 2 is 2.08 bits per heavy atom. The Bertz CT molecular complexity index is 339. The van der Waals surface area contributed by atoms with E-state index >= 15 is 0 Å². The molecule has 1 aliphatic rings. The molecule has 1 aromatic rings. The molecule has 2 rings (SSSR count). The minimum atomic E-state index is -0.0353. The molecule has 0 fully saturated rings. The Kier molecular flexibility index (Phi) is 1.73. The van der Waals surface area contributed by atoms with Crippen molar-refractivity contribution < 1.29 is 4.39 Å². The molecule has 0 bridgehead atoms. The van der Waals surface area contributed by atoms with E-state index in [1.807, 2.05) is 6.07 Å². The maximum absolute atomic E-state index is 13.6. The Morgan fingerprint density at radius 1 is 1.38 bits per heavy atom. The molecule has 1 aromatic carbocycles. The zero-order valence-electron chi connectivity index (χ0n) is 8.39. The predicted molar refractivity (Wildman–Crippen MR) is 52.5 cm³/mol. The van der Waals surface area contributed by atoms with E-state index < -0.39 is 0 Å². The van der Waals surface area contributed by atoms with Crippen LogP contribution in [-0.4, -0.2) is 0 Å². The van der Waals surface area contributed by atoms with E-state index in [2.05, 4.69) is 26.8 Å². The van der Waals surface area contributed by atoms with Crippen LogP contribution >= 0.6 is 0 Å². The van der Waals surface area contributed by atoms with Gasteiger partial charge in [-0.05, 0) is 34.9 Å². The van der Waals surface area contributed by atoms with Gasteiger partial charge in [-0.15, -0.1) is 0 Å². The highest BCUT2D eigenvalue weighted by molar-refractivity contribution is 5.41. The van der Waals surface area contributed by atoms with E-state index in [0.717, 1.165) is 12.0 Å². The van der Waals surface area contributed by atoms with Crippen LogP contribution in [0.1, 0.15) is 44.2 Å². The van der Waals surface area contributed by atoms with Gasteiger partial charge in [-0.1, -0.05) is 32.9 Å². The standard InChI is InChI=1S/C12H15F/c1-8-7-12(2,3)11-9(8)5-4-6-10(11)13/h4-6,8H,7H2,1-3H3. The highest BCUT2D eigenvalue weighted by Gasteiger charge is 2.36. The molecule has 0 aliphatic heterocycles. The van der Waals surface area contributed by atoms with Crippen LogP contribution in [0.3, 0.4) is 0 Å². The summed E-state index contributed by atoms with van der Waals surface area (Å²) in [6.45, 7) is 6.42. The summed E-state index contributed by atoms with van der Waals surface area (Å²) in [5.41, 5.74) is 2.15. The summed E-state index contributed by atoms with van der Waals surface area (Å²) in [4.78, 5) is 0. The Hall–Kier alpha value is -0.850. The molecule has 0 nitrogen and oxygen atoms in total. The number of hydrogen-bond acceptors (Lipinski definition) is 0. The van der Waals surface area contributed by atoms with Crippen LogP contribution in [0.2, 0.25) is 0 Å². The van der Waals surface area contributed by atoms with E-state index in [-0.39, 0.29) is 11.2 Å². The second-order valence-corrected chi connectivity index (χ2v) is 4.69. The summed E-state index contributed by atoms with van der Waals surface area (Å²) < 4.78 is 13.6. The molecular formula is C12H15F. The van der Waals surface area contributed by atoms with Gasteiger partial charge in [0.25, 0.3) is 0 Å². The molecule has 0 saturated heterocycles. The van der Waals surface area contributed by atoms with Crippen molar-refractivity contribution in [2.75, 3.05) is 0 Å². The lowest BCUT2D eigenvalue weighted by molar-refractivity contribution is 0.467. The third-order valence-corrected chi connectivity index (χ3v) is 3.07. The number of benzene rings is 1. The fraction of sp³-hybridized carbons (Fsp3) is 0.500. The summed E-state index contributed by atoms with van der Waals surface area (Å²) in [6, 6.07) is 5.43. The van der Waals surface area contributed by atoms with Crippen molar-refractivity contribution in [2.24, 2.45) is 0 Å². The van der Waals surface area contributed by atoms with Crippen LogP contribution in [0.5, 0.6) is 0 Å². The molecule has 1 heteroatoms. The van der Waals surface area contributed by atoms with E-state index in [9.17, 15) is 4.39 Å². The van der Waals surface area contributed by atoms with E-state index in [1.54, 1.807) is 6.07 Å². The highest BCUT2D eigenvalue weighted by atomic mass is 19.1. The topological polar surface area (TPSA) is 0 Å². The second kappa shape index (κ2) is 2.57. The first-order valence-corrected chi connectivity index (χ1v) is 4.81. The first-order chi connectivity index (χ1) is 6.02. The van der Waals surface area contributed by atoms with Gasteiger partial charge in [-0.3, -0.25) is 0 Å². The first kappa shape index (κ1) is 8.74. The molecule has 0 spiro atoms. The minimum Gasteiger partial charge on any atom is -0.207 e. The summed E-state index contributed by atoms with van der Waals surface area (Å²) in [5, 5.41) is 0. The van der Waals surface area contributed by atoms with Crippen molar-refractivity contribution in [2.45, 2.75) is 38.5 Å². The average molecular weight is 178 g/mol. The van der Waals surface area contributed by atoms with Crippen molar-refractivity contribution in [3.8, 4) is 0 Å². The first-order valence-electron chi connectivity index (χ1n) is 4.81. The molecule has 0 aromatic heterocycles. The van der Waals surface area contributed by atoms with Gasteiger partial charge in [0.05, 0.1) is 0 Å². The van der Waals surface area contributed by atoms with Crippen molar-refractivity contribution in [3.05, 3.63) is 35.1 Å². The molecule has 13 heavy (non-hydrogen) atoms. The van der Waals surface area contributed by atoms with E-state index in [0.29, 0.717) is 5.92 Å². The van der Waals surface area contributed by atoms with Gasteiger partial charge in [0.15, 0.2) is 0 Å². The monoisotopic (exact) mass is 178 g/mol. The highest BCUT2D eigenvalue weighted by Crippen LogP contribution is 2.46. The fourth-order valence-electron chi connectivity index (χ4n) is 2.64. The molecule has 0 radical (unpaired) electrons. The number of halogens is 1. The van der Waals surface area contributed by atoms with Crippen LogP contribution in [0.25, 0.3) is 0 Å². The fourth-order valence-corrected chi connectivity index (χ4v) is 2.64. The quantitative estimate of drug-likeness (QED) is 0.569. The van der Waals surface area contributed by atoms with Gasteiger partial charge in [0.2, 0.25) is 0 Å². The normalized spacial score (nSPS) is 24.5. The van der Waals surface area contributed by atoms with E-state index in [1.165, 1.54) is 5.56 Å². The second-order valence-electron chi connectivity index (χ2n) is 4.69. The molecule has 1 aliphatic carbocycles. The van der Waals surface area contributed by atoms with Gasteiger partial charge < -0.3 is 0 Å². The van der Waals surface area contributed by atoms with Gasteiger partial charge >= 0.3 is 0 Å². The Balaban J connectivity index is 2.66. The zero-order valence-corrected chi connectivity index (χ0v) is 8.39. The molecule has 70 valence electrons. The largest absolute Gasteiger partial charge is 0.207 e. The SMILES string of the molecule is CC1CC(C)(C)c2c(F)cccc21. The molecule has 0 amide bonds. The third-order valence-electron chi connectivity index (χ3n) is 3.07. The van der Waals surface area contributed by atoms with Crippen molar-refractivity contribution in [3.63, 3.8) is 0 Å². The Morgan fingerprint density at radius 3 is 2.69 bits per heavy atom. The predicted octanol–water partition coefficient (Wildman–Crippen LogP) is 3.61. The van der Waals surface area contributed by atoms with Gasteiger partial charge in [-0.25, -0.2) is 4.39 Å². The minimum absolute atomic E-state index is 0.0140. The van der Waals surface area contributed by atoms with Gasteiger partial charge in [0, 0.05) is 0 Å². The maximum Gasteiger partial charge on any atom is 0.127 e. The van der Waals surface area contributed by atoms with Gasteiger partial charge in [-0.2, -0.15) is 0 Å². The maximum atomic E-state index is 13.6. The average Bonchev–Trinajstić information content (AvgIpc) is 2.24. The lowest BCUT2D eigenvalue weighted by Crippen LogP contribution is -2.13. The lowest BCUT2D eigenvalue weighted by Gasteiger charge is -2.19. The molecular weight excluding hydrogens is 163 g/mol. The number of rotatable bonds is 0. The number of fused-ring (bicyclic) bond motifs is 1. The van der Waals surface area contributed by atoms with Crippen molar-refractivity contribution in [1.29, 1.82) is 0 Å². The van der Waals surface area contributed by atoms with Crippen LogP contribution in [0.4, 0.5) is 4.39 Å². The van der Waals surface area contributed by atoms with Crippen LogP contribution in [-0.2, 0) is 5.41 Å². The molecule has 0 heterocycles. The Labute approximate surface area is 78.8 Å². The summed E-state index contributed by atoms with van der Waals surface area (Å²) in [6.07, 6.45) is 1.06. The summed E-state index contributed by atoms with van der Waals surface area (Å²) in [7, 11) is 0. The van der Waals surface area contributed by atoms with Crippen molar-refractivity contribution in [1.82, 2.24) is 0 Å². The van der Waals surface area contributed by atoms with Crippen LogP contribution in [0.15, 0.2) is 18.2 Å². The zero-order chi connectivity index (χ0) is 9.64. The van der Waals surface area contributed by atoms with Gasteiger partial charge in [0.1, 0.15) is 5.82 Å². The van der Waals surface area contributed by atoms with Crippen LogP contribution in [0, 0.1) is 5.82 Å². The molecule has 1 atom stereocenters. The summed E-state index contributed by atoms with van der Waals surface area (Å²) in [5.74, 6) is 0.465. The molecule has 0 saturated carbocycles. The summed E-state index contributed by atoms with van der Waals surface area (Å²) >= 11 is 0. The van der Waals surface area contributed by atoms with Crippen LogP contribution < -0.4 is 0 Å². The number of hydrogen-bond donors (Lipinski definition) is 0. The molecule has 1 unspecified atom stereocenters. The smallest absolute Gasteiger partial charge is 0.127 e.